The highest BCUT2D eigenvalue weighted by Gasteiger charge is 2.01. The number of aromatic nitrogens is 1. The van der Waals surface area contributed by atoms with Gasteiger partial charge in [-0.05, 0) is 12.8 Å². The molecule has 1 aromatic rings. The second-order valence-corrected chi connectivity index (χ2v) is 4.20. The Labute approximate surface area is 104 Å². The maximum Gasteiger partial charge on any atom is 0.226 e. The lowest BCUT2D eigenvalue weighted by molar-refractivity contribution is -0.891. The predicted molar refractivity (Wildman–Crippen MR) is 68.0 cm³/mol. The molecule has 3 nitrogen and oxygen atoms in total. The Morgan fingerprint density at radius 1 is 1.00 bits per heavy atom. The van der Waals surface area contributed by atoms with Crippen LogP contribution < -0.4 is 14.3 Å². The second-order valence-electron chi connectivity index (χ2n) is 4.20. The molecule has 0 aromatic carbocycles. The number of nitrogens with zero attached hydrogens (tertiary/aromatic N) is 1. The number of hydrogen-bond donors (Lipinski definition) is 0. The van der Waals surface area contributed by atoms with Gasteiger partial charge in [-0.25, -0.2) is 0 Å². The minimum atomic E-state index is 0.781. The Balaban J connectivity index is 2.05. The molecule has 0 amide bonds. The topological polar surface area (TPSA) is 22.3 Å². The van der Waals surface area contributed by atoms with Gasteiger partial charge in [0.1, 0.15) is 5.75 Å². The van der Waals surface area contributed by atoms with E-state index in [1.807, 2.05) is 24.5 Å². The molecule has 1 aromatic heterocycles. The third-order valence-corrected chi connectivity index (χ3v) is 2.75. The Morgan fingerprint density at radius 2 is 1.65 bits per heavy atom. The maximum atomic E-state index is 5.57. The Bertz CT molecular complexity index is 285. The average Bonchev–Trinajstić information content (AvgIpc) is 2.38. The molecule has 0 saturated carbocycles. The van der Waals surface area contributed by atoms with Crippen LogP contribution in [0.2, 0.25) is 0 Å². The standard InChI is InChI=1S/C14H24NO2/c1-3-4-5-6-7-8-13-17-15-11-9-14(16-2)10-12-15/h9-12H,3-8,13H2,1-2H3/q+1. The Kier molecular flexibility index (Phi) is 7.19. The predicted octanol–water partition coefficient (Wildman–Crippen LogP) is 2.77. The molecule has 0 aliphatic carbocycles. The van der Waals surface area contributed by atoms with Crippen molar-refractivity contribution in [1.29, 1.82) is 0 Å². The molecule has 0 spiro atoms. The highest BCUT2D eigenvalue weighted by molar-refractivity contribution is 5.13. The van der Waals surface area contributed by atoms with Crippen molar-refractivity contribution in [2.24, 2.45) is 0 Å². The SMILES string of the molecule is CCCCCCCCO[n+]1ccc(OC)cc1. The molecule has 3 heteroatoms. The smallest absolute Gasteiger partial charge is 0.226 e. The fourth-order valence-electron chi connectivity index (χ4n) is 1.67. The molecule has 0 aliphatic heterocycles. The summed E-state index contributed by atoms with van der Waals surface area (Å²) < 4.78 is 6.81. The first-order valence-corrected chi connectivity index (χ1v) is 6.55. The van der Waals surface area contributed by atoms with Crippen molar-refractivity contribution in [3.63, 3.8) is 0 Å². The minimum Gasteiger partial charge on any atom is -0.496 e. The summed E-state index contributed by atoms with van der Waals surface area (Å²) in [5.74, 6) is 0.851. The van der Waals surface area contributed by atoms with E-state index in [1.165, 1.54) is 32.1 Å². The van der Waals surface area contributed by atoms with E-state index in [0.717, 1.165) is 18.8 Å². The van der Waals surface area contributed by atoms with Crippen molar-refractivity contribution in [2.75, 3.05) is 13.7 Å². The van der Waals surface area contributed by atoms with Crippen molar-refractivity contribution >= 4 is 0 Å². The number of unbranched alkanes of at least 4 members (excludes halogenated alkanes) is 5. The van der Waals surface area contributed by atoms with Crippen molar-refractivity contribution in [3.8, 4) is 5.75 Å². The second kappa shape index (κ2) is 8.85. The monoisotopic (exact) mass is 238 g/mol. The number of ether oxygens (including phenoxy) is 1. The Morgan fingerprint density at radius 3 is 2.29 bits per heavy atom. The van der Waals surface area contributed by atoms with Gasteiger partial charge in [0.05, 0.1) is 7.11 Å². The van der Waals surface area contributed by atoms with Crippen molar-refractivity contribution < 1.29 is 14.3 Å². The van der Waals surface area contributed by atoms with E-state index in [2.05, 4.69) is 6.92 Å². The lowest BCUT2D eigenvalue weighted by atomic mass is 10.1. The number of rotatable bonds is 9. The van der Waals surface area contributed by atoms with Crippen LogP contribution in [0.3, 0.4) is 0 Å². The van der Waals surface area contributed by atoms with E-state index in [0.29, 0.717) is 0 Å². The van der Waals surface area contributed by atoms with Gasteiger partial charge in [-0.1, -0.05) is 32.6 Å². The van der Waals surface area contributed by atoms with E-state index in [9.17, 15) is 0 Å². The summed E-state index contributed by atoms with van der Waals surface area (Å²) in [6, 6.07) is 3.78. The largest absolute Gasteiger partial charge is 0.496 e. The molecule has 0 saturated heterocycles. The summed E-state index contributed by atoms with van der Waals surface area (Å²) >= 11 is 0. The number of methoxy groups -OCH3 is 1. The van der Waals surface area contributed by atoms with Crippen LogP contribution in [0, 0.1) is 0 Å². The van der Waals surface area contributed by atoms with E-state index >= 15 is 0 Å². The number of hydrogen-bond acceptors (Lipinski definition) is 2. The van der Waals surface area contributed by atoms with Crippen LogP contribution in [0.25, 0.3) is 0 Å². The van der Waals surface area contributed by atoms with E-state index in [4.69, 9.17) is 9.57 Å². The highest BCUT2D eigenvalue weighted by Crippen LogP contribution is 2.05. The molecule has 0 fully saturated rings. The van der Waals surface area contributed by atoms with Crippen molar-refractivity contribution in [3.05, 3.63) is 24.5 Å². The average molecular weight is 238 g/mol. The van der Waals surface area contributed by atoms with Crippen LogP contribution in [0.1, 0.15) is 45.4 Å². The lowest BCUT2D eigenvalue weighted by Crippen LogP contribution is -2.42. The molecule has 1 heterocycles. The molecule has 0 radical (unpaired) electrons. The van der Waals surface area contributed by atoms with Crippen LogP contribution in [-0.2, 0) is 0 Å². The number of pyridine rings is 1. The molecular formula is C14H24NO2+. The first-order valence-electron chi connectivity index (χ1n) is 6.55. The first kappa shape index (κ1) is 13.8. The van der Waals surface area contributed by atoms with Crippen LogP contribution in [0.15, 0.2) is 24.5 Å². The molecular weight excluding hydrogens is 214 g/mol. The maximum absolute atomic E-state index is 5.57. The summed E-state index contributed by atoms with van der Waals surface area (Å²) in [7, 11) is 1.66. The van der Waals surface area contributed by atoms with Gasteiger partial charge in [0.25, 0.3) is 0 Å². The summed E-state index contributed by atoms with van der Waals surface area (Å²) in [5, 5.41) is 0. The van der Waals surface area contributed by atoms with Gasteiger partial charge in [0.15, 0.2) is 6.61 Å². The molecule has 0 bridgehead atoms. The molecule has 0 atom stereocenters. The fraction of sp³-hybridized carbons (Fsp3) is 0.643. The third kappa shape index (κ3) is 6.15. The third-order valence-electron chi connectivity index (χ3n) is 2.75. The van der Waals surface area contributed by atoms with Crippen LogP contribution in [-0.4, -0.2) is 13.7 Å². The first-order chi connectivity index (χ1) is 8.36. The highest BCUT2D eigenvalue weighted by atomic mass is 16.7. The van der Waals surface area contributed by atoms with Gasteiger partial charge in [0.2, 0.25) is 12.4 Å². The normalized spacial score (nSPS) is 10.2. The molecule has 0 unspecified atom stereocenters. The lowest BCUT2D eigenvalue weighted by Gasteiger charge is -2.00. The molecule has 96 valence electrons. The van der Waals surface area contributed by atoms with E-state index in [1.54, 1.807) is 11.8 Å². The zero-order valence-electron chi connectivity index (χ0n) is 11.0. The summed E-state index contributed by atoms with van der Waals surface area (Å²) in [6.07, 6.45) is 11.5. The van der Waals surface area contributed by atoms with Gasteiger partial charge in [-0.2, -0.15) is 0 Å². The van der Waals surface area contributed by atoms with Crippen LogP contribution in [0.4, 0.5) is 0 Å². The molecule has 0 N–H and O–H groups in total. The van der Waals surface area contributed by atoms with Gasteiger partial charge < -0.3 is 4.74 Å². The van der Waals surface area contributed by atoms with Crippen molar-refractivity contribution in [2.45, 2.75) is 45.4 Å². The summed E-state index contributed by atoms with van der Waals surface area (Å²) in [6.45, 7) is 3.02. The fourth-order valence-corrected chi connectivity index (χ4v) is 1.67. The van der Waals surface area contributed by atoms with Crippen LogP contribution in [0.5, 0.6) is 5.75 Å². The summed E-state index contributed by atoms with van der Waals surface area (Å²) in [4.78, 5) is 5.57. The van der Waals surface area contributed by atoms with E-state index in [-0.39, 0.29) is 0 Å². The zero-order chi connectivity index (χ0) is 12.3. The van der Waals surface area contributed by atoms with Crippen molar-refractivity contribution in [1.82, 2.24) is 0 Å². The van der Waals surface area contributed by atoms with E-state index < -0.39 is 0 Å². The molecule has 17 heavy (non-hydrogen) atoms. The Hall–Kier alpha value is -1.25. The van der Waals surface area contributed by atoms with Gasteiger partial charge in [0, 0.05) is 16.9 Å². The van der Waals surface area contributed by atoms with Gasteiger partial charge in [-0.15, -0.1) is 0 Å². The van der Waals surface area contributed by atoms with Crippen LogP contribution >= 0.6 is 0 Å². The van der Waals surface area contributed by atoms with Gasteiger partial charge >= 0.3 is 0 Å². The summed E-state index contributed by atoms with van der Waals surface area (Å²) in [5.41, 5.74) is 0. The van der Waals surface area contributed by atoms with Gasteiger partial charge in [-0.3, -0.25) is 4.84 Å². The zero-order valence-corrected chi connectivity index (χ0v) is 11.0. The quantitative estimate of drug-likeness (QED) is 0.487. The molecule has 1 rings (SSSR count). The minimum absolute atomic E-state index is 0.781. The molecule has 0 aliphatic rings.